The van der Waals surface area contributed by atoms with E-state index in [4.69, 9.17) is 9.47 Å². The minimum atomic E-state index is 0.291. The van der Waals surface area contributed by atoms with Crippen molar-refractivity contribution in [1.29, 1.82) is 0 Å². The molecule has 0 unspecified atom stereocenters. The van der Waals surface area contributed by atoms with Crippen molar-refractivity contribution in [2.45, 2.75) is 46.5 Å². The Morgan fingerprint density at radius 2 is 1.95 bits per heavy atom. The predicted molar refractivity (Wildman–Crippen MR) is 85.6 cm³/mol. The SMILES string of the molecule is CCC(=O)CC.COCOc1cccc2c1CCC(C)=N2. The summed E-state index contributed by atoms with van der Waals surface area (Å²) in [5, 5.41) is 0. The summed E-state index contributed by atoms with van der Waals surface area (Å²) >= 11 is 0. The third-order valence-electron chi connectivity index (χ3n) is 3.28. The fourth-order valence-corrected chi connectivity index (χ4v) is 1.99. The van der Waals surface area contributed by atoms with Gasteiger partial charge in [-0.05, 0) is 31.9 Å². The van der Waals surface area contributed by atoms with Gasteiger partial charge in [0.2, 0.25) is 0 Å². The number of hydrogen-bond acceptors (Lipinski definition) is 4. The molecule has 116 valence electrons. The summed E-state index contributed by atoms with van der Waals surface area (Å²) in [6, 6.07) is 5.96. The molecule has 0 atom stereocenters. The fraction of sp³-hybridized carbons (Fsp3) is 0.529. The number of benzene rings is 1. The lowest BCUT2D eigenvalue weighted by atomic mass is 10.0. The molecule has 2 rings (SSSR count). The summed E-state index contributed by atoms with van der Waals surface area (Å²) in [4.78, 5) is 14.7. The lowest BCUT2D eigenvalue weighted by Crippen LogP contribution is -2.06. The summed E-state index contributed by atoms with van der Waals surface area (Å²) < 4.78 is 10.4. The zero-order valence-electron chi connectivity index (χ0n) is 13.4. The maximum atomic E-state index is 10.2. The number of carbonyl (C=O) groups excluding carboxylic acids is 1. The largest absolute Gasteiger partial charge is 0.467 e. The standard InChI is InChI=1S/C12H15NO2.C5H10O/c1-9-6-7-10-11(13-9)4-3-5-12(10)15-8-14-2;1-3-5(6)4-2/h3-5H,6-8H2,1-2H3;3-4H2,1-2H3. The van der Waals surface area contributed by atoms with Gasteiger partial charge >= 0.3 is 0 Å². The second-order valence-electron chi connectivity index (χ2n) is 4.90. The maximum Gasteiger partial charge on any atom is 0.188 e. The van der Waals surface area contributed by atoms with Crippen LogP contribution in [0.5, 0.6) is 5.75 Å². The highest BCUT2D eigenvalue weighted by Gasteiger charge is 2.13. The van der Waals surface area contributed by atoms with Crippen molar-refractivity contribution in [3.63, 3.8) is 0 Å². The number of rotatable bonds is 5. The third kappa shape index (κ3) is 5.68. The maximum absolute atomic E-state index is 10.2. The van der Waals surface area contributed by atoms with E-state index in [0.717, 1.165) is 24.3 Å². The average molecular weight is 291 g/mol. The van der Waals surface area contributed by atoms with Gasteiger partial charge < -0.3 is 9.47 Å². The number of aliphatic imine (C=N–C) groups is 1. The molecule has 1 aromatic rings. The Hall–Kier alpha value is -1.68. The van der Waals surface area contributed by atoms with Crippen LogP contribution in [0.15, 0.2) is 23.2 Å². The van der Waals surface area contributed by atoms with Crippen molar-refractivity contribution >= 4 is 17.2 Å². The topological polar surface area (TPSA) is 47.9 Å². The second kappa shape index (κ2) is 9.29. The molecule has 4 heteroatoms. The molecule has 21 heavy (non-hydrogen) atoms. The number of fused-ring (bicyclic) bond motifs is 1. The van der Waals surface area contributed by atoms with E-state index in [-0.39, 0.29) is 0 Å². The monoisotopic (exact) mass is 291 g/mol. The molecule has 0 aliphatic carbocycles. The van der Waals surface area contributed by atoms with Gasteiger partial charge in [-0.3, -0.25) is 9.79 Å². The summed E-state index contributed by atoms with van der Waals surface area (Å²) in [6.45, 7) is 6.11. The molecule has 0 N–H and O–H groups in total. The zero-order chi connectivity index (χ0) is 15.7. The van der Waals surface area contributed by atoms with Crippen LogP contribution in [-0.4, -0.2) is 25.4 Å². The van der Waals surface area contributed by atoms with E-state index in [9.17, 15) is 4.79 Å². The Bertz CT molecular complexity index is 489. The zero-order valence-corrected chi connectivity index (χ0v) is 13.4. The fourth-order valence-electron chi connectivity index (χ4n) is 1.99. The van der Waals surface area contributed by atoms with Crippen molar-refractivity contribution in [3.8, 4) is 5.75 Å². The molecule has 1 aromatic carbocycles. The van der Waals surface area contributed by atoms with Crippen LogP contribution in [0.4, 0.5) is 5.69 Å². The van der Waals surface area contributed by atoms with E-state index in [0.29, 0.717) is 25.4 Å². The van der Waals surface area contributed by atoms with Crippen LogP contribution in [0.2, 0.25) is 0 Å². The summed E-state index contributed by atoms with van der Waals surface area (Å²) in [7, 11) is 1.62. The Balaban J connectivity index is 0.000000315. The number of Topliss-reactive ketones (excluding diaryl/α,β-unsaturated/α-hetero) is 1. The summed E-state index contributed by atoms with van der Waals surface area (Å²) in [5.41, 5.74) is 3.42. The average Bonchev–Trinajstić information content (AvgIpc) is 2.52. The highest BCUT2D eigenvalue weighted by Crippen LogP contribution is 2.33. The van der Waals surface area contributed by atoms with Crippen molar-refractivity contribution < 1.29 is 14.3 Å². The lowest BCUT2D eigenvalue weighted by molar-refractivity contribution is -0.118. The van der Waals surface area contributed by atoms with Crippen molar-refractivity contribution in [1.82, 2.24) is 0 Å². The molecular weight excluding hydrogens is 266 g/mol. The molecule has 1 aliphatic heterocycles. The van der Waals surface area contributed by atoms with E-state index >= 15 is 0 Å². The first kappa shape index (κ1) is 17.4. The third-order valence-corrected chi connectivity index (χ3v) is 3.28. The quantitative estimate of drug-likeness (QED) is 0.768. The molecule has 1 heterocycles. The summed E-state index contributed by atoms with van der Waals surface area (Å²) in [6.07, 6.45) is 3.40. The molecule has 0 saturated heterocycles. The van der Waals surface area contributed by atoms with Crippen LogP contribution >= 0.6 is 0 Å². The molecule has 0 aromatic heterocycles. The minimum absolute atomic E-state index is 0.291. The Kier molecular flexibility index (Phi) is 7.69. The van der Waals surface area contributed by atoms with Gasteiger partial charge in [0.05, 0.1) is 5.69 Å². The molecule has 0 spiro atoms. The van der Waals surface area contributed by atoms with Crippen LogP contribution < -0.4 is 4.74 Å². The smallest absolute Gasteiger partial charge is 0.188 e. The number of methoxy groups -OCH3 is 1. The van der Waals surface area contributed by atoms with Gasteiger partial charge in [0, 0.05) is 31.2 Å². The van der Waals surface area contributed by atoms with E-state index in [1.54, 1.807) is 7.11 Å². The highest BCUT2D eigenvalue weighted by molar-refractivity contribution is 5.87. The van der Waals surface area contributed by atoms with Crippen LogP contribution in [0, 0.1) is 0 Å². The van der Waals surface area contributed by atoms with Gasteiger partial charge in [0.15, 0.2) is 6.79 Å². The minimum Gasteiger partial charge on any atom is -0.467 e. The molecule has 0 radical (unpaired) electrons. The Morgan fingerprint density at radius 3 is 2.52 bits per heavy atom. The van der Waals surface area contributed by atoms with Gasteiger partial charge in [-0.1, -0.05) is 19.9 Å². The molecule has 1 aliphatic rings. The Labute approximate surface area is 127 Å². The number of nitrogens with zero attached hydrogens (tertiary/aromatic N) is 1. The predicted octanol–water partition coefficient (Wildman–Crippen LogP) is 4.08. The molecular formula is C17H25NO3. The summed E-state index contributed by atoms with van der Waals surface area (Å²) in [5.74, 6) is 1.24. The number of hydrogen-bond donors (Lipinski definition) is 0. The first-order chi connectivity index (χ1) is 10.1. The van der Waals surface area contributed by atoms with E-state index in [2.05, 4.69) is 11.9 Å². The molecule has 0 amide bonds. The van der Waals surface area contributed by atoms with Gasteiger partial charge in [-0.25, -0.2) is 0 Å². The van der Waals surface area contributed by atoms with Gasteiger partial charge in [0.25, 0.3) is 0 Å². The van der Waals surface area contributed by atoms with E-state index in [1.165, 1.54) is 11.3 Å². The van der Waals surface area contributed by atoms with Crippen LogP contribution in [0.25, 0.3) is 0 Å². The first-order valence-electron chi connectivity index (χ1n) is 7.41. The molecule has 0 saturated carbocycles. The van der Waals surface area contributed by atoms with Crippen LogP contribution in [-0.2, 0) is 16.0 Å². The van der Waals surface area contributed by atoms with Crippen LogP contribution in [0.3, 0.4) is 0 Å². The number of ether oxygens (including phenoxy) is 2. The normalized spacial score (nSPS) is 12.7. The van der Waals surface area contributed by atoms with Crippen molar-refractivity contribution in [2.75, 3.05) is 13.9 Å². The Morgan fingerprint density at radius 1 is 1.24 bits per heavy atom. The van der Waals surface area contributed by atoms with Gasteiger partial charge in [-0.2, -0.15) is 0 Å². The van der Waals surface area contributed by atoms with Crippen molar-refractivity contribution in [3.05, 3.63) is 23.8 Å². The highest BCUT2D eigenvalue weighted by atomic mass is 16.7. The first-order valence-corrected chi connectivity index (χ1v) is 7.41. The molecule has 4 nitrogen and oxygen atoms in total. The van der Waals surface area contributed by atoms with E-state index < -0.39 is 0 Å². The number of carbonyl (C=O) groups is 1. The second-order valence-corrected chi connectivity index (χ2v) is 4.90. The lowest BCUT2D eigenvalue weighted by Gasteiger charge is -2.16. The van der Waals surface area contributed by atoms with Crippen LogP contribution in [0.1, 0.15) is 45.6 Å². The molecule has 0 bridgehead atoms. The van der Waals surface area contributed by atoms with Gasteiger partial charge in [-0.15, -0.1) is 0 Å². The molecule has 0 fully saturated rings. The van der Waals surface area contributed by atoms with E-state index in [1.807, 2.05) is 32.0 Å². The number of ketones is 1. The van der Waals surface area contributed by atoms with Crippen molar-refractivity contribution in [2.24, 2.45) is 4.99 Å². The van der Waals surface area contributed by atoms with Gasteiger partial charge in [0.1, 0.15) is 11.5 Å².